The molecule has 0 unspecified atom stereocenters. The van der Waals surface area contributed by atoms with Crippen molar-refractivity contribution in [3.05, 3.63) is 47.5 Å². The van der Waals surface area contributed by atoms with Gasteiger partial charge in [0.05, 0.1) is 5.69 Å². The summed E-state index contributed by atoms with van der Waals surface area (Å²) in [6.07, 6.45) is 0. The molecule has 5 heteroatoms. The molecule has 0 bridgehead atoms. The Labute approximate surface area is 150 Å². The predicted octanol–water partition coefficient (Wildman–Crippen LogP) is 4.21. The highest BCUT2D eigenvalue weighted by Gasteiger charge is 2.28. The number of nitrogens with two attached hydrogens (primary N) is 3. The minimum absolute atomic E-state index is 0.0690. The molecule has 6 N–H and O–H groups in total. The first-order chi connectivity index (χ1) is 11.4. The van der Waals surface area contributed by atoms with Gasteiger partial charge in [0.15, 0.2) is 0 Å². The maximum atomic E-state index is 6.22. The number of rotatable bonds is 3. The molecule has 0 fully saturated rings. The number of anilines is 2. The summed E-state index contributed by atoms with van der Waals surface area (Å²) in [5, 5.41) is 1.17. The van der Waals surface area contributed by atoms with Crippen LogP contribution in [0.5, 0.6) is 11.5 Å². The summed E-state index contributed by atoms with van der Waals surface area (Å²) in [4.78, 5) is 0. The first-order valence-corrected chi connectivity index (χ1v) is 8.41. The second-order valence-corrected chi connectivity index (χ2v) is 8.45. The standard InChI is InChI=1S/C20H30N4O/c1-19(2,3)13-11-16(24(22)23)18(20(4,5)6)17(12-13)25-15-9-7-14(21)8-10-15/h7-12H,21-23H2,1-6H3. The van der Waals surface area contributed by atoms with Gasteiger partial charge in [-0.15, -0.1) is 0 Å². The molecule has 0 heterocycles. The zero-order valence-corrected chi connectivity index (χ0v) is 16.1. The van der Waals surface area contributed by atoms with E-state index in [9.17, 15) is 0 Å². The van der Waals surface area contributed by atoms with Crippen molar-refractivity contribution in [1.29, 1.82) is 0 Å². The molecule has 0 aliphatic rings. The van der Waals surface area contributed by atoms with Crippen molar-refractivity contribution in [3.63, 3.8) is 0 Å². The molecule has 0 radical (unpaired) electrons. The van der Waals surface area contributed by atoms with Crippen LogP contribution in [0.4, 0.5) is 11.4 Å². The lowest BCUT2D eigenvalue weighted by Crippen LogP contribution is -2.40. The van der Waals surface area contributed by atoms with Crippen molar-refractivity contribution in [3.8, 4) is 11.5 Å². The van der Waals surface area contributed by atoms with Crippen LogP contribution in [-0.4, -0.2) is 0 Å². The number of hydrogen-bond acceptors (Lipinski definition) is 5. The van der Waals surface area contributed by atoms with Crippen LogP contribution in [0, 0.1) is 0 Å². The van der Waals surface area contributed by atoms with Crippen LogP contribution in [0.3, 0.4) is 0 Å². The number of nitrogens with zero attached hydrogens (tertiary/aromatic N) is 1. The van der Waals surface area contributed by atoms with Crippen LogP contribution in [0.25, 0.3) is 0 Å². The van der Waals surface area contributed by atoms with Crippen molar-refractivity contribution in [2.75, 3.05) is 10.9 Å². The fourth-order valence-electron chi connectivity index (χ4n) is 2.73. The Morgan fingerprint density at radius 1 is 0.840 bits per heavy atom. The van der Waals surface area contributed by atoms with E-state index in [0.29, 0.717) is 5.69 Å². The molecule has 2 aromatic carbocycles. The molecule has 0 saturated carbocycles. The van der Waals surface area contributed by atoms with Gasteiger partial charge in [-0.05, 0) is 52.8 Å². The molecular formula is C20H30N4O. The summed E-state index contributed by atoms with van der Waals surface area (Å²) in [7, 11) is 0. The highest BCUT2D eigenvalue weighted by Crippen LogP contribution is 2.43. The molecule has 5 nitrogen and oxygen atoms in total. The van der Waals surface area contributed by atoms with Gasteiger partial charge in [0, 0.05) is 11.3 Å². The van der Waals surface area contributed by atoms with Gasteiger partial charge in [-0.3, -0.25) is 0 Å². The molecule has 2 rings (SSSR count). The van der Waals surface area contributed by atoms with E-state index in [1.165, 1.54) is 5.12 Å². The largest absolute Gasteiger partial charge is 0.457 e. The lowest BCUT2D eigenvalue weighted by Gasteiger charge is -2.31. The van der Waals surface area contributed by atoms with Gasteiger partial charge < -0.3 is 10.5 Å². The van der Waals surface area contributed by atoms with Gasteiger partial charge in [-0.25, -0.2) is 16.8 Å². The number of benzene rings is 2. The van der Waals surface area contributed by atoms with Crippen molar-refractivity contribution in [1.82, 2.24) is 0 Å². The Morgan fingerprint density at radius 3 is 1.84 bits per heavy atom. The number of hydrazine groups is 2. The maximum Gasteiger partial charge on any atom is 0.133 e. The lowest BCUT2D eigenvalue weighted by molar-refractivity contribution is 0.451. The summed E-state index contributed by atoms with van der Waals surface area (Å²) in [5.74, 6) is 13.4. The molecular weight excluding hydrogens is 312 g/mol. The van der Waals surface area contributed by atoms with Crippen molar-refractivity contribution >= 4 is 11.4 Å². The summed E-state index contributed by atoms with van der Waals surface area (Å²) in [6.45, 7) is 12.8. The fraction of sp³-hybridized carbons (Fsp3) is 0.400. The fourth-order valence-corrected chi connectivity index (χ4v) is 2.73. The van der Waals surface area contributed by atoms with Gasteiger partial charge in [-0.1, -0.05) is 41.5 Å². The van der Waals surface area contributed by atoms with Gasteiger partial charge in [-0.2, -0.15) is 0 Å². The number of nitrogen functional groups attached to an aromatic ring is 1. The average molecular weight is 342 g/mol. The molecule has 0 aliphatic carbocycles. The van der Waals surface area contributed by atoms with Crippen molar-refractivity contribution in [2.24, 2.45) is 11.7 Å². The van der Waals surface area contributed by atoms with Crippen LogP contribution in [0.15, 0.2) is 36.4 Å². The Kier molecular flexibility index (Phi) is 5.02. The van der Waals surface area contributed by atoms with E-state index < -0.39 is 0 Å². The molecule has 25 heavy (non-hydrogen) atoms. The van der Waals surface area contributed by atoms with E-state index in [0.717, 1.165) is 28.3 Å². The van der Waals surface area contributed by atoms with E-state index in [1.54, 1.807) is 0 Å². The normalized spacial score (nSPS) is 12.2. The van der Waals surface area contributed by atoms with Crippen molar-refractivity contribution in [2.45, 2.75) is 52.4 Å². The smallest absolute Gasteiger partial charge is 0.133 e. The minimum Gasteiger partial charge on any atom is -0.457 e. The van der Waals surface area contributed by atoms with Gasteiger partial charge in [0.2, 0.25) is 0 Å². The summed E-state index contributed by atoms with van der Waals surface area (Å²) >= 11 is 0. The third kappa shape index (κ3) is 4.44. The van der Waals surface area contributed by atoms with Crippen LogP contribution in [0.1, 0.15) is 52.7 Å². The predicted molar refractivity (Wildman–Crippen MR) is 106 cm³/mol. The minimum atomic E-state index is -0.203. The Bertz CT molecular complexity index is 738. The van der Waals surface area contributed by atoms with Crippen LogP contribution in [0.2, 0.25) is 0 Å². The molecule has 136 valence electrons. The second kappa shape index (κ2) is 6.58. The number of hydrogen-bond donors (Lipinski definition) is 3. The maximum absolute atomic E-state index is 6.22. The third-order valence-corrected chi connectivity index (χ3v) is 4.08. The summed E-state index contributed by atoms with van der Waals surface area (Å²) < 4.78 is 6.22. The quantitative estimate of drug-likeness (QED) is 0.441. The van der Waals surface area contributed by atoms with Gasteiger partial charge in [0.1, 0.15) is 11.5 Å². The highest BCUT2D eigenvalue weighted by atomic mass is 16.5. The van der Waals surface area contributed by atoms with E-state index in [2.05, 4.69) is 47.6 Å². The van der Waals surface area contributed by atoms with Gasteiger partial charge >= 0.3 is 0 Å². The lowest BCUT2D eigenvalue weighted by atomic mass is 9.80. The topological polar surface area (TPSA) is 90.5 Å². The monoisotopic (exact) mass is 342 g/mol. The molecule has 0 aromatic heterocycles. The van der Waals surface area contributed by atoms with Crippen LogP contribution in [-0.2, 0) is 10.8 Å². The van der Waals surface area contributed by atoms with E-state index >= 15 is 0 Å². The SMILES string of the molecule is CC(C)(C)c1cc(Oc2ccc(N)cc2)c(C(C)(C)C)c(N(N)N)c1. The zero-order valence-electron chi connectivity index (χ0n) is 16.1. The summed E-state index contributed by atoms with van der Waals surface area (Å²) in [5.41, 5.74) is 9.01. The first kappa shape index (κ1) is 19.1. The second-order valence-electron chi connectivity index (χ2n) is 8.45. The van der Waals surface area contributed by atoms with Crippen LogP contribution < -0.4 is 27.3 Å². The first-order valence-electron chi connectivity index (χ1n) is 8.41. The summed E-state index contributed by atoms with van der Waals surface area (Å²) in [6, 6.07) is 11.5. The average Bonchev–Trinajstić information content (AvgIpc) is 2.46. The van der Waals surface area contributed by atoms with Gasteiger partial charge in [0.25, 0.3) is 0 Å². The van der Waals surface area contributed by atoms with Crippen LogP contribution >= 0.6 is 0 Å². The van der Waals surface area contributed by atoms with E-state index in [-0.39, 0.29) is 10.8 Å². The number of ether oxygens (including phenoxy) is 1. The highest BCUT2D eigenvalue weighted by molar-refractivity contribution is 5.64. The van der Waals surface area contributed by atoms with E-state index in [4.69, 9.17) is 22.2 Å². The molecule has 0 aliphatic heterocycles. The van der Waals surface area contributed by atoms with E-state index in [1.807, 2.05) is 30.3 Å². The van der Waals surface area contributed by atoms with Crippen molar-refractivity contribution < 1.29 is 4.74 Å². The Morgan fingerprint density at radius 2 is 1.40 bits per heavy atom. The molecule has 0 amide bonds. The Balaban J connectivity index is 2.68. The third-order valence-electron chi connectivity index (χ3n) is 4.08. The molecule has 0 atom stereocenters. The molecule has 0 spiro atoms. The zero-order chi connectivity index (χ0) is 19.0. The molecule has 2 aromatic rings. The molecule has 0 saturated heterocycles. The Hall–Kier alpha value is -2.24.